The van der Waals surface area contributed by atoms with Gasteiger partial charge in [-0.3, -0.25) is 9.59 Å². The number of ether oxygens (including phenoxy) is 2. The summed E-state index contributed by atoms with van der Waals surface area (Å²) < 4.78 is 10.9. The first-order valence-corrected chi connectivity index (χ1v) is 10.8. The standard InChI is InChI=1S/C24H32O5/c1-14-12-17-18(22(3)9-6-16(26)13-20(14)22)7-10-23(4)19(17)8-11-24(23,21(27)28-5)29-15(2)25/h12-13,17-19H,6-11H2,1-5H3. The molecule has 0 spiro atoms. The fraction of sp³-hybridized carbons (Fsp3) is 0.708. The van der Waals surface area contributed by atoms with Gasteiger partial charge in [0.15, 0.2) is 5.78 Å². The minimum atomic E-state index is -1.20. The Morgan fingerprint density at radius 3 is 2.45 bits per heavy atom. The van der Waals surface area contributed by atoms with Gasteiger partial charge in [0, 0.05) is 18.8 Å². The number of methoxy groups -OCH3 is 1. The van der Waals surface area contributed by atoms with Crippen LogP contribution in [0.2, 0.25) is 0 Å². The molecule has 0 N–H and O–H groups in total. The quantitative estimate of drug-likeness (QED) is 0.651. The minimum absolute atomic E-state index is 0.00329. The van der Waals surface area contributed by atoms with Crippen molar-refractivity contribution in [2.45, 2.75) is 71.8 Å². The van der Waals surface area contributed by atoms with Crippen LogP contribution in [-0.2, 0) is 23.9 Å². The van der Waals surface area contributed by atoms with Gasteiger partial charge < -0.3 is 9.47 Å². The van der Waals surface area contributed by atoms with E-state index in [0.29, 0.717) is 24.7 Å². The summed E-state index contributed by atoms with van der Waals surface area (Å²) in [5.74, 6) is 0.358. The maximum absolute atomic E-state index is 12.9. The van der Waals surface area contributed by atoms with Gasteiger partial charge >= 0.3 is 11.9 Å². The Morgan fingerprint density at radius 2 is 1.79 bits per heavy atom. The van der Waals surface area contributed by atoms with Gasteiger partial charge in [0.2, 0.25) is 5.60 Å². The Labute approximate surface area is 172 Å². The van der Waals surface area contributed by atoms with Gasteiger partial charge in [-0.25, -0.2) is 4.79 Å². The zero-order valence-corrected chi connectivity index (χ0v) is 18.2. The molecule has 0 aromatic rings. The Morgan fingerprint density at radius 1 is 1.10 bits per heavy atom. The third kappa shape index (κ3) is 2.62. The van der Waals surface area contributed by atoms with Crippen LogP contribution < -0.4 is 0 Å². The number of ketones is 1. The Kier molecular flexibility index (Phi) is 4.60. The number of carbonyl (C=O) groups is 3. The van der Waals surface area contributed by atoms with Gasteiger partial charge in [-0.1, -0.05) is 25.5 Å². The first-order chi connectivity index (χ1) is 13.6. The molecule has 0 heterocycles. The third-order valence-electron chi connectivity index (χ3n) is 8.78. The fourth-order valence-electron chi connectivity index (χ4n) is 7.37. The molecule has 4 aliphatic carbocycles. The maximum atomic E-state index is 12.9. The lowest BCUT2D eigenvalue weighted by atomic mass is 9.47. The van der Waals surface area contributed by atoms with Crippen LogP contribution in [0.15, 0.2) is 23.3 Å². The molecule has 0 saturated heterocycles. The summed E-state index contributed by atoms with van der Waals surface area (Å²) in [5, 5.41) is 0. The lowest BCUT2D eigenvalue weighted by molar-refractivity contribution is -0.200. The lowest BCUT2D eigenvalue weighted by Gasteiger charge is -2.57. The highest BCUT2D eigenvalue weighted by Crippen LogP contribution is 2.67. The average molecular weight is 401 g/mol. The van der Waals surface area contributed by atoms with E-state index in [4.69, 9.17) is 9.47 Å². The van der Waals surface area contributed by atoms with Crippen LogP contribution >= 0.6 is 0 Å². The number of fused-ring (bicyclic) bond motifs is 5. The molecule has 2 fully saturated rings. The summed E-state index contributed by atoms with van der Waals surface area (Å²) in [6.07, 6.45) is 8.80. The maximum Gasteiger partial charge on any atom is 0.350 e. The van der Waals surface area contributed by atoms with E-state index < -0.39 is 23.0 Å². The van der Waals surface area contributed by atoms with Gasteiger partial charge in [0.25, 0.3) is 0 Å². The normalized spacial score (nSPS) is 43.3. The van der Waals surface area contributed by atoms with Crippen LogP contribution in [0.5, 0.6) is 0 Å². The molecule has 6 atom stereocenters. The molecule has 2 saturated carbocycles. The van der Waals surface area contributed by atoms with Crippen LogP contribution in [0.25, 0.3) is 0 Å². The van der Waals surface area contributed by atoms with Crippen molar-refractivity contribution in [2.75, 3.05) is 7.11 Å². The van der Waals surface area contributed by atoms with Gasteiger partial charge in [-0.05, 0) is 73.8 Å². The Hall–Kier alpha value is -1.91. The van der Waals surface area contributed by atoms with Crippen molar-refractivity contribution in [3.63, 3.8) is 0 Å². The molecule has 0 aromatic carbocycles. The van der Waals surface area contributed by atoms with E-state index >= 15 is 0 Å². The first kappa shape index (κ1) is 20.4. The van der Waals surface area contributed by atoms with E-state index in [9.17, 15) is 14.4 Å². The van der Waals surface area contributed by atoms with Gasteiger partial charge in [-0.15, -0.1) is 0 Å². The highest BCUT2D eigenvalue weighted by atomic mass is 16.6. The van der Waals surface area contributed by atoms with Crippen LogP contribution in [0.1, 0.15) is 66.2 Å². The molecular formula is C24H32O5. The average Bonchev–Trinajstić information content (AvgIpc) is 2.95. The highest BCUT2D eigenvalue weighted by molar-refractivity contribution is 5.92. The van der Waals surface area contributed by atoms with E-state index in [0.717, 1.165) is 25.7 Å². The second kappa shape index (κ2) is 6.55. The molecule has 0 amide bonds. The van der Waals surface area contributed by atoms with Gasteiger partial charge in [0.05, 0.1) is 7.11 Å². The predicted octanol–water partition coefficient (Wildman–Crippen LogP) is 4.16. The summed E-state index contributed by atoms with van der Waals surface area (Å²) in [7, 11) is 1.37. The van der Waals surface area contributed by atoms with Crippen LogP contribution in [-0.4, -0.2) is 30.4 Å². The molecule has 0 radical (unpaired) electrons. The molecule has 5 nitrogen and oxygen atoms in total. The molecule has 0 aromatic heterocycles. The number of rotatable bonds is 2. The van der Waals surface area contributed by atoms with E-state index in [1.54, 1.807) is 0 Å². The summed E-state index contributed by atoms with van der Waals surface area (Å²) >= 11 is 0. The molecule has 29 heavy (non-hydrogen) atoms. The summed E-state index contributed by atoms with van der Waals surface area (Å²) in [5.41, 5.74) is 0.734. The molecule has 4 aliphatic rings. The number of allylic oxidation sites excluding steroid dienone is 4. The van der Waals surface area contributed by atoms with Gasteiger partial charge in [-0.2, -0.15) is 0 Å². The summed E-state index contributed by atoms with van der Waals surface area (Å²) in [6, 6.07) is 0. The monoisotopic (exact) mass is 400 g/mol. The van der Waals surface area contributed by atoms with E-state index in [2.05, 4.69) is 26.8 Å². The Bertz CT molecular complexity index is 838. The highest BCUT2D eigenvalue weighted by Gasteiger charge is 2.69. The van der Waals surface area contributed by atoms with Crippen LogP contribution in [0.4, 0.5) is 0 Å². The molecule has 5 heteroatoms. The van der Waals surface area contributed by atoms with Crippen molar-refractivity contribution >= 4 is 17.7 Å². The second-order valence-corrected chi connectivity index (χ2v) is 9.99. The predicted molar refractivity (Wildman–Crippen MR) is 108 cm³/mol. The number of hydrogen-bond donors (Lipinski definition) is 0. The van der Waals surface area contributed by atoms with Gasteiger partial charge in [0.1, 0.15) is 0 Å². The van der Waals surface area contributed by atoms with E-state index in [1.165, 1.54) is 25.2 Å². The van der Waals surface area contributed by atoms with Crippen molar-refractivity contribution in [1.82, 2.24) is 0 Å². The Balaban J connectivity index is 1.79. The minimum Gasteiger partial charge on any atom is -0.466 e. The zero-order chi connectivity index (χ0) is 21.2. The van der Waals surface area contributed by atoms with E-state index in [1.807, 2.05) is 6.08 Å². The molecule has 0 bridgehead atoms. The fourth-order valence-corrected chi connectivity index (χ4v) is 7.37. The molecule has 158 valence electrons. The summed E-state index contributed by atoms with van der Waals surface area (Å²) in [6.45, 7) is 7.91. The molecule has 4 rings (SSSR count). The lowest BCUT2D eigenvalue weighted by Crippen LogP contribution is -2.59. The number of hydrogen-bond acceptors (Lipinski definition) is 5. The van der Waals surface area contributed by atoms with Crippen LogP contribution in [0.3, 0.4) is 0 Å². The van der Waals surface area contributed by atoms with Crippen molar-refractivity contribution in [2.24, 2.45) is 28.6 Å². The molecule has 6 unspecified atom stereocenters. The molecular weight excluding hydrogens is 368 g/mol. The smallest absolute Gasteiger partial charge is 0.350 e. The molecule has 0 aliphatic heterocycles. The largest absolute Gasteiger partial charge is 0.466 e. The second-order valence-electron chi connectivity index (χ2n) is 9.99. The van der Waals surface area contributed by atoms with Crippen molar-refractivity contribution in [1.29, 1.82) is 0 Å². The zero-order valence-electron chi connectivity index (χ0n) is 18.2. The van der Waals surface area contributed by atoms with E-state index in [-0.39, 0.29) is 17.1 Å². The number of carbonyl (C=O) groups excluding carboxylic acids is 3. The van der Waals surface area contributed by atoms with Crippen molar-refractivity contribution in [3.05, 3.63) is 23.3 Å². The van der Waals surface area contributed by atoms with Crippen molar-refractivity contribution < 1.29 is 23.9 Å². The number of esters is 2. The van der Waals surface area contributed by atoms with Crippen LogP contribution in [0, 0.1) is 28.6 Å². The summed E-state index contributed by atoms with van der Waals surface area (Å²) in [4.78, 5) is 37.0. The third-order valence-corrected chi connectivity index (χ3v) is 8.78. The SMILES string of the molecule is COC(=O)C1(OC(C)=O)CCC2C3C=C(C)C4=CC(=O)CCC4(C)C3CCC21C. The topological polar surface area (TPSA) is 69.7 Å². The van der Waals surface area contributed by atoms with Crippen molar-refractivity contribution in [3.8, 4) is 0 Å². The first-order valence-electron chi connectivity index (χ1n) is 10.8.